The molecule has 0 saturated heterocycles. The molecule has 10 nitrogen and oxygen atoms in total. The van der Waals surface area contributed by atoms with Crippen LogP contribution in [0.4, 0.5) is 26.2 Å². The van der Waals surface area contributed by atoms with Gasteiger partial charge in [-0.3, -0.25) is 9.48 Å². The van der Waals surface area contributed by atoms with E-state index in [1.165, 1.54) is 12.3 Å². The predicted octanol–water partition coefficient (Wildman–Crippen LogP) is 3.69. The van der Waals surface area contributed by atoms with Gasteiger partial charge in [-0.25, -0.2) is 9.97 Å². The third kappa shape index (κ3) is 5.81. The van der Waals surface area contributed by atoms with Gasteiger partial charge in [-0.05, 0) is 18.4 Å². The number of likely N-dealkylation sites (N-methyl/N-ethyl adjacent to an activating group) is 1. The summed E-state index contributed by atoms with van der Waals surface area (Å²) in [6, 6.07) is 2.75. The topological polar surface area (TPSA) is 110 Å². The molecule has 0 fully saturated rings. The number of anilines is 3. The zero-order chi connectivity index (χ0) is 24.4. The van der Waals surface area contributed by atoms with Gasteiger partial charge in [0.2, 0.25) is 17.7 Å². The lowest BCUT2D eigenvalue weighted by Crippen LogP contribution is -2.49. The predicted molar refractivity (Wildman–Crippen MR) is 129 cm³/mol. The van der Waals surface area contributed by atoms with E-state index in [-0.39, 0.29) is 31.2 Å². The molecule has 3 aromatic heterocycles. The van der Waals surface area contributed by atoms with Gasteiger partial charge in [-0.1, -0.05) is 27.3 Å². The van der Waals surface area contributed by atoms with E-state index in [9.17, 15) is 13.6 Å². The number of nitrogens with zero attached hydrogens (tertiary/aromatic N) is 6. The van der Waals surface area contributed by atoms with Crippen LogP contribution in [0.15, 0.2) is 30.7 Å². The molecule has 188 valence electrons. The third-order valence-corrected chi connectivity index (χ3v) is 5.46. The molecule has 1 aliphatic rings. The molecule has 0 aromatic carbocycles. The van der Waals surface area contributed by atoms with Crippen molar-refractivity contribution in [1.29, 1.82) is 0 Å². The van der Waals surface area contributed by atoms with Crippen molar-refractivity contribution < 1.29 is 18.3 Å². The number of nitrogens with one attached hydrogen (secondary N) is 2. The van der Waals surface area contributed by atoms with Gasteiger partial charge in [0.05, 0.1) is 18.4 Å². The van der Waals surface area contributed by atoms with Crippen molar-refractivity contribution in [3.63, 3.8) is 0 Å². The second kappa shape index (κ2) is 10.6. The number of pyridine rings is 1. The molecule has 4 heterocycles. The number of halogens is 2. The van der Waals surface area contributed by atoms with E-state index in [4.69, 9.17) is 0 Å². The number of aryl methyl sites for hydroxylation is 1. The molecule has 0 saturated carbocycles. The third-order valence-electron chi connectivity index (χ3n) is 5.46. The fourth-order valence-corrected chi connectivity index (χ4v) is 3.91. The number of carbonyl (C=O) groups excluding carboxylic acids is 1. The van der Waals surface area contributed by atoms with Crippen LogP contribution in [0.3, 0.4) is 0 Å². The Hall–Kier alpha value is -3.83. The molecule has 35 heavy (non-hydrogen) atoms. The summed E-state index contributed by atoms with van der Waals surface area (Å²) >= 11 is 0. The maximum Gasteiger partial charge on any atom is 0.388 e. The summed E-state index contributed by atoms with van der Waals surface area (Å²) in [7, 11) is 1.86. The van der Waals surface area contributed by atoms with E-state index < -0.39 is 6.61 Å². The molecule has 1 amide bonds. The lowest BCUT2D eigenvalue weighted by atomic mass is 9.99. The van der Waals surface area contributed by atoms with E-state index >= 15 is 0 Å². The largest absolute Gasteiger partial charge is 0.417 e. The molecule has 0 spiro atoms. The van der Waals surface area contributed by atoms with Crippen molar-refractivity contribution >= 4 is 23.4 Å². The van der Waals surface area contributed by atoms with Crippen LogP contribution in [-0.4, -0.2) is 50.3 Å². The van der Waals surface area contributed by atoms with Gasteiger partial charge in [0.15, 0.2) is 5.82 Å². The maximum absolute atomic E-state index is 12.5. The van der Waals surface area contributed by atoms with Crippen molar-refractivity contribution in [2.75, 3.05) is 22.6 Å². The first kappa shape index (κ1) is 25.8. The Labute approximate surface area is 202 Å². The van der Waals surface area contributed by atoms with Crippen molar-refractivity contribution in [3.05, 3.63) is 47.5 Å². The number of amides is 1. The Balaban J connectivity index is 0.00000342. The van der Waals surface area contributed by atoms with Crippen LogP contribution < -0.4 is 20.3 Å². The van der Waals surface area contributed by atoms with Gasteiger partial charge >= 0.3 is 6.61 Å². The molecular weight excluding hydrogens is 458 g/mol. The van der Waals surface area contributed by atoms with Crippen molar-refractivity contribution in [2.24, 2.45) is 5.92 Å². The second-order valence-corrected chi connectivity index (χ2v) is 8.40. The van der Waals surface area contributed by atoms with Crippen LogP contribution >= 0.6 is 0 Å². The van der Waals surface area contributed by atoms with Crippen LogP contribution in [-0.2, 0) is 17.9 Å². The summed E-state index contributed by atoms with van der Waals surface area (Å²) in [6.45, 7) is 3.80. The zero-order valence-electron chi connectivity index (χ0n) is 19.3. The first-order chi connectivity index (χ1) is 16.2. The van der Waals surface area contributed by atoms with Crippen LogP contribution in [0.25, 0.3) is 0 Å². The Bertz CT molecular complexity index is 1170. The lowest BCUT2D eigenvalue weighted by molar-refractivity contribution is -0.118. The van der Waals surface area contributed by atoms with Gasteiger partial charge in [0.1, 0.15) is 11.7 Å². The first-order valence-electron chi connectivity index (χ1n) is 10.8. The first-order valence-corrected chi connectivity index (χ1v) is 10.8. The summed E-state index contributed by atoms with van der Waals surface area (Å²) < 4.78 is 30.5. The lowest BCUT2D eigenvalue weighted by Gasteiger charge is -2.36. The number of aromatic nitrogens is 5. The van der Waals surface area contributed by atoms with Crippen LogP contribution in [0.1, 0.15) is 38.1 Å². The van der Waals surface area contributed by atoms with Crippen molar-refractivity contribution in [3.8, 4) is 5.88 Å². The number of carbonyl (C=O) groups is 1. The maximum atomic E-state index is 12.5. The summed E-state index contributed by atoms with van der Waals surface area (Å²) in [5.41, 5.74) is 3.01. The zero-order valence-corrected chi connectivity index (χ0v) is 19.3. The standard InChI is InChI=1S/C22H26F2N8O2.CH4/c1-12(2)18-20(33)29-17-13(3)28-22(30-19(17)31(18)4)26-8-15-9-27-32(11-15)10-14-5-6-16(25-7-14)34-21(23)24;/h5-7,9,11-12,18,21H,8,10H2,1-4H3,(H,29,33)(H,26,28,30);1H4/t18-;/m1./s1. The van der Waals surface area contributed by atoms with Gasteiger partial charge in [0.25, 0.3) is 0 Å². The number of alkyl halides is 2. The molecule has 0 radical (unpaired) electrons. The average molecular weight is 489 g/mol. The molecule has 2 N–H and O–H groups in total. The molecule has 3 aromatic rings. The van der Waals surface area contributed by atoms with E-state index in [1.807, 2.05) is 38.9 Å². The van der Waals surface area contributed by atoms with Gasteiger partial charge in [-0.2, -0.15) is 18.9 Å². The summed E-state index contributed by atoms with van der Waals surface area (Å²) in [6.07, 6.45) is 5.06. The monoisotopic (exact) mass is 488 g/mol. The minimum Gasteiger partial charge on any atom is -0.417 e. The molecule has 12 heteroatoms. The number of rotatable bonds is 8. The molecule has 1 aliphatic heterocycles. The molecule has 4 rings (SSSR count). The van der Waals surface area contributed by atoms with E-state index in [2.05, 4.69) is 35.4 Å². The highest BCUT2D eigenvalue weighted by Gasteiger charge is 2.35. The van der Waals surface area contributed by atoms with Gasteiger partial charge < -0.3 is 20.3 Å². The molecule has 0 aliphatic carbocycles. The fourth-order valence-electron chi connectivity index (χ4n) is 3.91. The smallest absolute Gasteiger partial charge is 0.388 e. The quantitative estimate of drug-likeness (QED) is 0.494. The van der Waals surface area contributed by atoms with Gasteiger partial charge in [-0.15, -0.1) is 0 Å². The summed E-state index contributed by atoms with van der Waals surface area (Å²) in [5, 5.41) is 10.5. The number of hydrogen-bond donors (Lipinski definition) is 2. The Kier molecular flexibility index (Phi) is 7.82. The van der Waals surface area contributed by atoms with Crippen LogP contribution in [0.5, 0.6) is 5.88 Å². The Morgan fingerprint density at radius 1 is 1.20 bits per heavy atom. The Morgan fingerprint density at radius 3 is 2.63 bits per heavy atom. The number of ether oxygens (including phenoxy) is 1. The minimum absolute atomic E-state index is 0. The Morgan fingerprint density at radius 2 is 1.97 bits per heavy atom. The molecular formula is C23H30F2N8O2. The highest BCUT2D eigenvalue weighted by molar-refractivity contribution is 6.03. The number of hydrogen-bond acceptors (Lipinski definition) is 8. The van der Waals surface area contributed by atoms with Gasteiger partial charge in [0, 0.05) is 37.6 Å². The average Bonchev–Trinajstić information content (AvgIpc) is 3.21. The fraction of sp³-hybridized carbons (Fsp3) is 0.435. The second-order valence-electron chi connectivity index (χ2n) is 8.40. The van der Waals surface area contributed by atoms with Crippen molar-refractivity contribution in [1.82, 2.24) is 24.7 Å². The van der Waals surface area contributed by atoms with Crippen molar-refractivity contribution in [2.45, 2.75) is 53.9 Å². The van der Waals surface area contributed by atoms with Crippen LogP contribution in [0, 0.1) is 12.8 Å². The minimum atomic E-state index is -2.90. The summed E-state index contributed by atoms with van der Waals surface area (Å²) in [4.78, 5) is 27.3. The van der Waals surface area contributed by atoms with Crippen LogP contribution in [0.2, 0.25) is 0 Å². The van der Waals surface area contributed by atoms with E-state index in [0.717, 1.165) is 11.1 Å². The number of fused-ring (bicyclic) bond motifs is 1. The highest BCUT2D eigenvalue weighted by atomic mass is 19.3. The van der Waals surface area contributed by atoms with E-state index in [1.54, 1.807) is 16.9 Å². The molecule has 1 atom stereocenters. The van der Waals surface area contributed by atoms with E-state index in [0.29, 0.717) is 36.2 Å². The molecule has 0 unspecified atom stereocenters. The molecule has 0 bridgehead atoms. The summed E-state index contributed by atoms with van der Waals surface area (Å²) in [5.74, 6) is 1.06. The highest BCUT2D eigenvalue weighted by Crippen LogP contribution is 2.34. The SMILES string of the molecule is C.Cc1nc(NCc2cnn(Cc3ccc(OC(F)F)nc3)c2)nc2c1NC(=O)[C@@H](C(C)C)N2C. The normalized spacial score (nSPS) is 15.0.